The average Bonchev–Trinajstić information content (AvgIpc) is 3.26. The van der Waals surface area contributed by atoms with Crippen LogP contribution >= 0.6 is 0 Å². The summed E-state index contributed by atoms with van der Waals surface area (Å²) >= 11 is 0. The van der Waals surface area contributed by atoms with Crippen molar-refractivity contribution in [2.24, 2.45) is 11.3 Å². The number of hydrogen-bond donors (Lipinski definition) is 2. The monoisotopic (exact) mass is 534 g/mol. The van der Waals surface area contributed by atoms with Crippen molar-refractivity contribution in [1.82, 2.24) is 20.3 Å². The number of hydrogen-bond acceptors (Lipinski definition) is 4. The fourth-order valence-electron chi connectivity index (χ4n) is 6.01. The molecule has 1 spiro atoms. The number of carbonyl (C=O) groups is 2. The highest BCUT2D eigenvalue weighted by atomic mass is 19.4. The van der Waals surface area contributed by atoms with Gasteiger partial charge in [0.25, 0.3) is 5.91 Å². The quantitative estimate of drug-likeness (QED) is 0.339. The van der Waals surface area contributed by atoms with Crippen LogP contribution in [0.3, 0.4) is 0 Å². The van der Waals surface area contributed by atoms with Gasteiger partial charge in [-0.2, -0.15) is 13.2 Å². The minimum Gasteiger partial charge on any atom is -0.481 e. The van der Waals surface area contributed by atoms with Crippen molar-refractivity contribution < 1.29 is 27.9 Å². The lowest BCUT2D eigenvalue weighted by atomic mass is 9.50. The number of alkyl halides is 3. The average molecular weight is 535 g/mol. The second-order valence-electron chi connectivity index (χ2n) is 10.7. The van der Waals surface area contributed by atoms with Gasteiger partial charge >= 0.3 is 12.1 Å². The molecule has 0 radical (unpaired) electrons. The lowest BCUT2D eigenvalue weighted by Gasteiger charge is -2.56. The molecule has 0 bridgehead atoms. The second kappa shape index (κ2) is 9.21. The van der Waals surface area contributed by atoms with Crippen molar-refractivity contribution in [3.8, 4) is 11.1 Å². The molecule has 0 atom stereocenters. The summed E-state index contributed by atoms with van der Waals surface area (Å²) in [5.41, 5.74) is 2.94. The number of benzene rings is 3. The fourth-order valence-corrected chi connectivity index (χ4v) is 6.01. The largest absolute Gasteiger partial charge is 0.481 e. The molecule has 2 aliphatic carbocycles. The molecule has 1 aromatic heterocycles. The first-order valence-corrected chi connectivity index (χ1v) is 12.7. The second-order valence-corrected chi connectivity index (χ2v) is 10.7. The standard InChI is InChI=1S/C29H25F3N4O3/c30-29(31,32)21-8-6-17(7-9-21)16-36-25-23(10-19(11-24(25)34-35-36)18-4-2-1-3-5-18)26(37)33-22-14-28(15-22)12-20(13-28)27(38)39/h1-11,20,22H,12-16H2,(H,33,37)(H,38,39). The number of aliphatic carboxylic acids is 1. The molecule has 10 heteroatoms. The van der Waals surface area contributed by atoms with Gasteiger partial charge in [0.2, 0.25) is 0 Å². The number of nitrogens with one attached hydrogen (secondary N) is 1. The number of carbonyl (C=O) groups excluding carboxylic acids is 1. The Morgan fingerprint density at radius 1 is 0.974 bits per heavy atom. The summed E-state index contributed by atoms with van der Waals surface area (Å²) in [5, 5.41) is 20.8. The number of amides is 1. The molecule has 2 saturated carbocycles. The lowest BCUT2D eigenvalue weighted by molar-refractivity contribution is -0.155. The summed E-state index contributed by atoms with van der Waals surface area (Å²) in [6.45, 7) is 0.142. The first-order valence-electron chi connectivity index (χ1n) is 12.7. The molecular formula is C29H25F3N4O3. The molecule has 3 aromatic carbocycles. The zero-order valence-electron chi connectivity index (χ0n) is 20.8. The van der Waals surface area contributed by atoms with E-state index in [1.165, 1.54) is 16.8 Å². The fraction of sp³-hybridized carbons (Fsp3) is 0.310. The van der Waals surface area contributed by atoms with E-state index in [4.69, 9.17) is 0 Å². The van der Waals surface area contributed by atoms with E-state index < -0.39 is 17.7 Å². The molecule has 2 fully saturated rings. The van der Waals surface area contributed by atoms with Crippen LogP contribution in [0.5, 0.6) is 0 Å². The predicted molar refractivity (Wildman–Crippen MR) is 137 cm³/mol. The van der Waals surface area contributed by atoms with Crippen LogP contribution < -0.4 is 5.32 Å². The molecule has 39 heavy (non-hydrogen) atoms. The van der Waals surface area contributed by atoms with Gasteiger partial charge in [0.05, 0.1) is 23.6 Å². The molecule has 0 aliphatic heterocycles. The van der Waals surface area contributed by atoms with E-state index in [1.54, 1.807) is 6.07 Å². The molecular weight excluding hydrogens is 509 g/mol. The van der Waals surface area contributed by atoms with Crippen LogP contribution in [-0.2, 0) is 17.5 Å². The zero-order chi connectivity index (χ0) is 27.4. The van der Waals surface area contributed by atoms with Crippen molar-refractivity contribution in [1.29, 1.82) is 0 Å². The number of halogens is 3. The number of rotatable bonds is 6. The van der Waals surface area contributed by atoms with Crippen molar-refractivity contribution in [2.75, 3.05) is 0 Å². The van der Waals surface area contributed by atoms with Crippen LogP contribution in [0.1, 0.15) is 47.2 Å². The van der Waals surface area contributed by atoms with Crippen LogP contribution in [0, 0.1) is 11.3 Å². The SMILES string of the molecule is O=C(NC1CC2(C1)CC(C(=O)O)C2)c1cc(-c2ccccc2)cc2nnn(Cc3ccc(C(F)(F)F)cc3)c12. The number of carboxylic acid groups (broad SMARTS) is 1. The van der Waals surface area contributed by atoms with Crippen molar-refractivity contribution in [3.05, 3.63) is 83.4 Å². The smallest absolute Gasteiger partial charge is 0.416 e. The van der Waals surface area contributed by atoms with Crippen LogP contribution in [-0.4, -0.2) is 38.0 Å². The van der Waals surface area contributed by atoms with Gasteiger partial charge in [0.1, 0.15) is 11.0 Å². The minimum absolute atomic E-state index is 0.00805. The summed E-state index contributed by atoms with van der Waals surface area (Å²) in [7, 11) is 0. The van der Waals surface area contributed by atoms with E-state index in [2.05, 4.69) is 15.6 Å². The molecule has 2 N–H and O–H groups in total. The molecule has 4 aromatic rings. The van der Waals surface area contributed by atoms with Crippen LogP contribution in [0.4, 0.5) is 13.2 Å². The molecule has 1 heterocycles. The molecule has 1 amide bonds. The third-order valence-corrected chi connectivity index (χ3v) is 7.98. The van der Waals surface area contributed by atoms with Crippen LogP contribution in [0.25, 0.3) is 22.2 Å². The Balaban J connectivity index is 1.29. The van der Waals surface area contributed by atoms with Crippen molar-refractivity contribution in [2.45, 2.75) is 44.4 Å². The maximum atomic E-state index is 13.6. The molecule has 2 aliphatic rings. The summed E-state index contributed by atoms with van der Waals surface area (Å²) in [4.78, 5) is 24.8. The van der Waals surface area contributed by atoms with E-state index in [-0.39, 0.29) is 29.8 Å². The zero-order valence-corrected chi connectivity index (χ0v) is 20.8. The van der Waals surface area contributed by atoms with E-state index in [1.807, 2.05) is 36.4 Å². The van der Waals surface area contributed by atoms with Gasteiger partial charge in [-0.25, -0.2) is 4.68 Å². The van der Waals surface area contributed by atoms with Gasteiger partial charge in [-0.05, 0) is 72.1 Å². The Bertz CT molecular complexity index is 1550. The van der Waals surface area contributed by atoms with Gasteiger partial charge in [-0.3, -0.25) is 9.59 Å². The first-order chi connectivity index (χ1) is 18.6. The lowest BCUT2D eigenvalue weighted by Crippen LogP contribution is -2.57. The molecule has 6 rings (SSSR count). The molecule has 200 valence electrons. The summed E-state index contributed by atoms with van der Waals surface area (Å²) in [6.07, 6.45) is -1.65. The third-order valence-electron chi connectivity index (χ3n) is 7.98. The number of nitrogens with zero attached hydrogens (tertiary/aromatic N) is 3. The van der Waals surface area contributed by atoms with Gasteiger partial charge in [0.15, 0.2) is 0 Å². The van der Waals surface area contributed by atoms with E-state index in [9.17, 15) is 27.9 Å². The first kappa shape index (κ1) is 25.1. The Labute approximate surface area is 221 Å². The summed E-state index contributed by atoms with van der Waals surface area (Å²) in [6, 6.07) is 18.0. The Hall–Kier alpha value is -4.21. The summed E-state index contributed by atoms with van der Waals surface area (Å²) in [5.74, 6) is -1.35. The number of carboxylic acids is 1. The Kier molecular flexibility index (Phi) is 5.93. The topological polar surface area (TPSA) is 97.1 Å². The van der Waals surface area contributed by atoms with E-state index in [0.29, 0.717) is 35.0 Å². The van der Waals surface area contributed by atoms with Gasteiger partial charge in [0, 0.05) is 6.04 Å². The van der Waals surface area contributed by atoms with E-state index in [0.717, 1.165) is 36.1 Å². The highest BCUT2D eigenvalue weighted by Crippen LogP contribution is 2.58. The van der Waals surface area contributed by atoms with Gasteiger partial charge < -0.3 is 10.4 Å². The van der Waals surface area contributed by atoms with Crippen LogP contribution in [0.2, 0.25) is 0 Å². The minimum atomic E-state index is -4.42. The molecule has 0 saturated heterocycles. The normalized spacial score (nSPS) is 22.3. The Morgan fingerprint density at radius 2 is 1.67 bits per heavy atom. The molecule has 7 nitrogen and oxygen atoms in total. The van der Waals surface area contributed by atoms with Crippen LogP contribution in [0.15, 0.2) is 66.7 Å². The van der Waals surface area contributed by atoms with Gasteiger partial charge in [-0.15, -0.1) is 5.10 Å². The van der Waals surface area contributed by atoms with Crippen molar-refractivity contribution in [3.63, 3.8) is 0 Å². The number of fused-ring (bicyclic) bond motifs is 1. The van der Waals surface area contributed by atoms with Gasteiger partial charge in [-0.1, -0.05) is 47.7 Å². The maximum Gasteiger partial charge on any atom is 0.416 e. The highest BCUT2D eigenvalue weighted by Gasteiger charge is 2.55. The Morgan fingerprint density at radius 3 is 2.31 bits per heavy atom. The number of aromatic nitrogens is 3. The summed E-state index contributed by atoms with van der Waals surface area (Å²) < 4.78 is 40.5. The van der Waals surface area contributed by atoms with E-state index >= 15 is 0 Å². The van der Waals surface area contributed by atoms with Crippen molar-refractivity contribution >= 4 is 22.9 Å². The third kappa shape index (κ3) is 4.75. The highest BCUT2D eigenvalue weighted by molar-refractivity contribution is 6.06. The maximum absolute atomic E-state index is 13.6. The molecule has 0 unspecified atom stereocenters. The predicted octanol–water partition coefficient (Wildman–Crippen LogP) is 5.54.